The predicted molar refractivity (Wildman–Crippen MR) is 115 cm³/mol. The van der Waals surface area contributed by atoms with Crippen molar-refractivity contribution in [2.75, 3.05) is 26.7 Å². The highest BCUT2D eigenvalue weighted by Gasteiger charge is 2.36. The van der Waals surface area contributed by atoms with Crippen LogP contribution in [0.3, 0.4) is 0 Å². The molecule has 2 heterocycles. The van der Waals surface area contributed by atoms with Gasteiger partial charge in [-0.15, -0.1) is 0 Å². The Hall–Kier alpha value is -2.41. The summed E-state index contributed by atoms with van der Waals surface area (Å²) >= 11 is 0. The molecule has 3 atom stereocenters. The van der Waals surface area contributed by atoms with Crippen LogP contribution in [0.1, 0.15) is 56.0 Å². The molecule has 164 valence electrons. The van der Waals surface area contributed by atoms with Crippen LogP contribution in [-0.4, -0.2) is 70.6 Å². The Morgan fingerprint density at radius 1 is 1.47 bits per heavy atom. The lowest BCUT2D eigenvalue weighted by Gasteiger charge is -2.38. The van der Waals surface area contributed by atoms with Crippen LogP contribution in [0.4, 0.5) is 0 Å². The van der Waals surface area contributed by atoms with Gasteiger partial charge in [0.05, 0.1) is 19.2 Å². The molecule has 2 amide bonds. The summed E-state index contributed by atoms with van der Waals surface area (Å²) in [7, 11) is 1.82. The molecule has 0 radical (unpaired) electrons. The number of pyridine rings is 1. The van der Waals surface area contributed by atoms with Gasteiger partial charge < -0.3 is 19.6 Å². The molecule has 1 fully saturated rings. The van der Waals surface area contributed by atoms with E-state index in [-0.39, 0.29) is 48.3 Å². The van der Waals surface area contributed by atoms with Crippen molar-refractivity contribution in [2.45, 2.75) is 52.2 Å². The Bertz CT molecular complexity index is 806. The zero-order valence-electron chi connectivity index (χ0n) is 18.4. The maximum atomic E-state index is 13.3. The number of ether oxygens (including phenoxy) is 1. The summed E-state index contributed by atoms with van der Waals surface area (Å²) in [6, 6.07) is 1.45. The highest BCUT2D eigenvalue weighted by atomic mass is 16.5. The van der Waals surface area contributed by atoms with E-state index in [2.05, 4.69) is 4.98 Å². The van der Waals surface area contributed by atoms with Crippen LogP contribution in [-0.2, 0) is 4.79 Å². The van der Waals surface area contributed by atoms with E-state index in [9.17, 15) is 14.7 Å². The molecule has 0 spiro atoms. The van der Waals surface area contributed by atoms with Gasteiger partial charge in [-0.05, 0) is 38.3 Å². The van der Waals surface area contributed by atoms with Crippen molar-refractivity contribution in [3.05, 3.63) is 29.5 Å². The molecule has 7 nitrogen and oxygen atoms in total. The first-order chi connectivity index (χ1) is 14.3. The Morgan fingerprint density at radius 3 is 2.80 bits per heavy atom. The van der Waals surface area contributed by atoms with Gasteiger partial charge in [-0.3, -0.25) is 9.59 Å². The van der Waals surface area contributed by atoms with Crippen molar-refractivity contribution in [3.63, 3.8) is 0 Å². The number of nitrogens with zero attached hydrogens (tertiary/aromatic N) is 3. The van der Waals surface area contributed by atoms with Crippen molar-refractivity contribution >= 4 is 17.9 Å². The third kappa shape index (κ3) is 4.67. The summed E-state index contributed by atoms with van der Waals surface area (Å²) in [5.74, 6) is 0.330. The number of hydrogen-bond acceptors (Lipinski definition) is 5. The molecule has 0 unspecified atom stereocenters. The quantitative estimate of drug-likeness (QED) is 0.772. The van der Waals surface area contributed by atoms with Gasteiger partial charge in [0.25, 0.3) is 5.91 Å². The van der Waals surface area contributed by atoms with E-state index >= 15 is 0 Å². The van der Waals surface area contributed by atoms with E-state index in [1.165, 1.54) is 0 Å². The van der Waals surface area contributed by atoms with Crippen molar-refractivity contribution in [1.82, 2.24) is 14.8 Å². The van der Waals surface area contributed by atoms with Gasteiger partial charge in [-0.2, -0.15) is 0 Å². The molecule has 30 heavy (non-hydrogen) atoms. The standard InChI is InChI=1S/C23H33N3O4/c1-5-7-17-10-19-21(24-11-17)30-20(13-25(4)22(28)18-8-6-9-18)15(2)12-26(23(19)29)16(3)14-27/h5,7,10-11,15-16,18,20,27H,6,8-9,12-14H2,1-4H3/b7-5+/t15-,16-,20+/m1/s1. The second kappa shape index (κ2) is 9.60. The fourth-order valence-electron chi connectivity index (χ4n) is 3.95. The van der Waals surface area contributed by atoms with Crippen LogP contribution in [0.25, 0.3) is 6.08 Å². The minimum Gasteiger partial charge on any atom is -0.472 e. The first-order valence-corrected chi connectivity index (χ1v) is 10.8. The summed E-state index contributed by atoms with van der Waals surface area (Å²) in [5.41, 5.74) is 1.20. The molecule has 0 saturated heterocycles. The topological polar surface area (TPSA) is 83.0 Å². The fraction of sp³-hybridized carbons (Fsp3) is 0.609. The van der Waals surface area contributed by atoms with Crippen LogP contribution in [0, 0.1) is 11.8 Å². The highest BCUT2D eigenvalue weighted by Crippen LogP contribution is 2.30. The largest absolute Gasteiger partial charge is 0.472 e. The van der Waals surface area contributed by atoms with Gasteiger partial charge in [-0.25, -0.2) is 4.98 Å². The molecule has 1 aliphatic carbocycles. The molecule has 1 saturated carbocycles. The summed E-state index contributed by atoms with van der Waals surface area (Å²) < 4.78 is 6.23. The van der Waals surface area contributed by atoms with Crippen LogP contribution in [0.5, 0.6) is 5.88 Å². The smallest absolute Gasteiger partial charge is 0.259 e. The second-order valence-corrected chi connectivity index (χ2v) is 8.59. The summed E-state index contributed by atoms with van der Waals surface area (Å²) in [5, 5.41) is 9.71. The third-order valence-electron chi connectivity index (χ3n) is 6.19. The lowest BCUT2D eigenvalue weighted by atomic mass is 9.84. The maximum Gasteiger partial charge on any atom is 0.259 e. The molecule has 1 aliphatic heterocycles. The molecule has 3 rings (SSSR count). The number of allylic oxidation sites excluding steroid dienone is 1. The Morgan fingerprint density at radius 2 is 2.20 bits per heavy atom. The normalized spacial score (nSPS) is 23.2. The van der Waals surface area contributed by atoms with E-state index in [0.717, 1.165) is 24.8 Å². The van der Waals surface area contributed by atoms with Crippen LogP contribution in [0.15, 0.2) is 18.3 Å². The van der Waals surface area contributed by atoms with Crippen molar-refractivity contribution in [2.24, 2.45) is 11.8 Å². The molecule has 1 aromatic rings. The lowest BCUT2D eigenvalue weighted by Crippen LogP contribution is -2.51. The summed E-state index contributed by atoms with van der Waals surface area (Å²) in [6.45, 7) is 6.49. The third-order valence-corrected chi connectivity index (χ3v) is 6.19. The van der Waals surface area contributed by atoms with Crippen molar-refractivity contribution < 1.29 is 19.4 Å². The van der Waals surface area contributed by atoms with E-state index in [1.54, 1.807) is 22.1 Å². The molecule has 0 bridgehead atoms. The summed E-state index contributed by atoms with van der Waals surface area (Å²) in [6.07, 6.45) is 8.17. The van der Waals surface area contributed by atoms with Crippen LogP contribution >= 0.6 is 0 Å². The zero-order valence-corrected chi connectivity index (χ0v) is 18.4. The van der Waals surface area contributed by atoms with Crippen molar-refractivity contribution in [1.29, 1.82) is 0 Å². The number of likely N-dealkylation sites (N-methyl/N-ethyl adjacent to an activating group) is 1. The number of aliphatic hydroxyl groups is 1. The van der Waals surface area contributed by atoms with E-state index < -0.39 is 0 Å². The number of fused-ring (bicyclic) bond motifs is 1. The van der Waals surface area contributed by atoms with Gasteiger partial charge in [0.15, 0.2) is 0 Å². The Labute approximate surface area is 178 Å². The maximum absolute atomic E-state index is 13.3. The van der Waals surface area contributed by atoms with E-state index in [0.29, 0.717) is 18.7 Å². The molecule has 2 aliphatic rings. The predicted octanol–water partition coefficient (Wildman–Crippen LogP) is 2.59. The molecule has 1 aromatic heterocycles. The number of aromatic nitrogens is 1. The van der Waals surface area contributed by atoms with E-state index in [1.807, 2.05) is 40.0 Å². The molecule has 7 heteroatoms. The van der Waals surface area contributed by atoms with Gasteiger partial charge in [0.1, 0.15) is 11.7 Å². The van der Waals surface area contributed by atoms with Gasteiger partial charge in [0.2, 0.25) is 11.8 Å². The zero-order chi connectivity index (χ0) is 21.8. The minimum absolute atomic E-state index is 0.0373. The summed E-state index contributed by atoms with van der Waals surface area (Å²) in [4.78, 5) is 33.8. The van der Waals surface area contributed by atoms with Crippen LogP contribution in [0.2, 0.25) is 0 Å². The first kappa shape index (κ1) is 22.3. The van der Waals surface area contributed by atoms with Gasteiger partial charge in [-0.1, -0.05) is 25.5 Å². The molecular formula is C23H33N3O4. The SMILES string of the molecule is C/C=C/c1cnc2c(c1)C(=O)N([C@H](C)CO)C[C@@H](C)[C@H](CN(C)C(=O)C1CCC1)O2. The van der Waals surface area contributed by atoms with Crippen molar-refractivity contribution in [3.8, 4) is 5.88 Å². The number of rotatable bonds is 6. The number of aliphatic hydroxyl groups excluding tert-OH is 1. The average Bonchev–Trinajstić information content (AvgIpc) is 2.69. The first-order valence-electron chi connectivity index (χ1n) is 10.8. The average molecular weight is 416 g/mol. The minimum atomic E-state index is -0.328. The molecule has 0 aromatic carbocycles. The molecule has 1 N–H and O–H groups in total. The highest BCUT2D eigenvalue weighted by molar-refractivity contribution is 5.97. The van der Waals surface area contributed by atoms with Crippen LogP contribution < -0.4 is 4.74 Å². The lowest BCUT2D eigenvalue weighted by molar-refractivity contribution is -0.138. The second-order valence-electron chi connectivity index (χ2n) is 8.59. The Kier molecular flexibility index (Phi) is 7.13. The molecular weight excluding hydrogens is 382 g/mol. The number of hydrogen-bond donors (Lipinski definition) is 1. The fourth-order valence-corrected chi connectivity index (χ4v) is 3.95. The number of carbonyl (C=O) groups is 2. The van der Waals surface area contributed by atoms with E-state index in [4.69, 9.17) is 4.74 Å². The number of carbonyl (C=O) groups excluding carboxylic acids is 2. The Balaban J connectivity index is 1.91. The van der Waals surface area contributed by atoms with Gasteiger partial charge in [0, 0.05) is 31.6 Å². The monoisotopic (exact) mass is 415 g/mol. The number of amides is 2. The van der Waals surface area contributed by atoms with Gasteiger partial charge >= 0.3 is 0 Å².